The monoisotopic (exact) mass is 362 g/mol. The van der Waals surface area contributed by atoms with E-state index in [-0.39, 0.29) is 0 Å². The van der Waals surface area contributed by atoms with Gasteiger partial charge in [-0.1, -0.05) is 83.4 Å². The molecule has 0 unspecified atom stereocenters. The highest BCUT2D eigenvalue weighted by molar-refractivity contribution is 6.12. The summed E-state index contributed by atoms with van der Waals surface area (Å²) in [5.74, 6) is 0. The van der Waals surface area contributed by atoms with Crippen molar-refractivity contribution in [1.29, 1.82) is 0 Å². The Morgan fingerprint density at radius 3 is 1.75 bits per heavy atom. The van der Waals surface area contributed by atoms with Gasteiger partial charge in [0, 0.05) is 0 Å². The average Bonchev–Trinajstić information content (AvgIpc) is 3.03. The van der Waals surface area contributed by atoms with Crippen LogP contribution >= 0.6 is 0 Å². The Hall–Kier alpha value is -2.86. The molecule has 138 valence electrons. The molecule has 0 aliphatic heterocycles. The lowest BCUT2D eigenvalue weighted by atomic mass is 9.82. The molecule has 0 amide bonds. The smallest absolute Gasteiger partial charge is 0.00667 e. The molecule has 0 aromatic heterocycles. The minimum absolute atomic E-state index is 1.16. The maximum atomic E-state index is 2.38. The van der Waals surface area contributed by atoms with E-state index >= 15 is 0 Å². The molecule has 3 aromatic carbocycles. The van der Waals surface area contributed by atoms with Gasteiger partial charge in [-0.3, -0.25) is 0 Å². The lowest BCUT2D eigenvalue weighted by Gasteiger charge is -2.22. The van der Waals surface area contributed by atoms with Gasteiger partial charge in [-0.25, -0.2) is 0 Å². The van der Waals surface area contributed by atoms with E-state index in [1.807, 2.05) is 0 Å². The van der Waals surface area contributed by atoms with Crippen molar-refractivity contribution in [3.63, 3.8) is 0 Å². The van der Waals surface area contributed by atoms with Crippen LogP contribution in [0.1, 0.15) is 58.2 Å². The highest BCUT2D eigenvalue weighted by Crippen LogP contribution is 2.52. The number of hydrogen-bond donors (Lipinski definition) is 0. The third-order valence-corrected chi connectivity index (χ3v) is 6.21. The summed E-state index contributed by atoms with van der Waals surface area (Å²) in [6.45, 7) is 6.53. The molecule has 2 aliphatic rings. The van der Waals surface area contributed by atoms with Crippen molar-refractivity contribution in [3.05, 3.63) is 111 Å². The number of benzene rings is 3. The Morgan fingerprint density at radius 1 is 0.500 bits per heavy atom. The maximum absolute atomic E-state index is 2.38. The molecular weight excluding hydrogens is 336 g/mol. The second kappa shape index (κ2) is 6.63. The van der Waals surface area contributed by atoms with E-state index in [0.717, 1.165) is 6.42 Å². The zero-order chi connectivity index (χ0) is 19.3. The normalized spacial score (nSPS) is 15.7. The van der Waals surface area contributed by atoms with Gasteiger partial charge in [0.1, 0.15) is 0 Å². The van der Waals surface area contributed by atoms with Gasteiger partial charge in [0.2, 0.25) is 0 Å². The Labute approximate surface area is 168 Å². The summed E-state index contributed by atoms with van der Waals surface area (Å²) in [4.78, 5) is 0. The number of rotatable bonds is 2. The van der Waals surface area contributed by atoms with E-state index in [1.54, 1.807) is 5.57 Å². The summed E-state index contributed by atoms with van der Waals surface area (Å²) in [7, 11) is 0. The predicted octanol–water partition coefficient (Wildman–Crippen LogP) is 7.52. The standard InChI is InChI=1S/C28H26/c1-18-7-12-21(13-8-18)23-5-4-6-25-27(22-14-9-19(2)10-15-22)26-17-20(3)11-16-24(26)28(23)25/h7-17H,4-6H2,1-3H3. The highest BCUT2D eigenvalue weighted by atomic mass is 14.3. The molecule has 0 spiro atoms. The van der Waals surface area contributed by atoms with E-state index in [2.05, 4.69) is 87.5 Å². The van der Waals surface area contributed by atoms with E-state index in [4.69, 9.17) is 0 Å². The van der Waals surface area contributed by atoms with Crippen molar-refractivity contribution in [2.45, 2.75) is 40.0 Å². The van der Waals surface area contributed by atoms with Gasteiger partial charge in [-0.2, -0.15) is 0 Å². The number of allylic oxidation sites excluding steroid dienone is 3. The quantitative estimate of drug-likeness (QED) is 0.442. The maximum Gasteiger partial charge on any atom is -0.00667 e. The summed E-state index contributed by atoms with van der Waals surface area (Å²) in [6, 6.07) is 25.2. The summed E-state index contributed by atoms with van der Waals surface area (Å²) in [5.41, 5.74) is 15.6. The Bertz CT molecular complexity index is 1120. The van der Waals surface area contributed by atoms with Gasteiger partial charge >= 0.3 is 0 Å². The van der Waals surface area contributed by atoms with Crippen LogP contribution in [0.15, 0.2) is 72.3 Å². The summed E-state index contributed by atoms with van der Waals surface area (Å²) in [6.07, 6.45) is 3.56. The molecule has 0 saturated carbocycles. The van der Waals surface area contributed by atoms with Crippen LogP contribution in [0.2, 0.25) is 0 Å². The Balaban J connectivity index is 1.81. The summed E-state index contributed by atoms with van der Waals surface area (Å²) >= 11 is 0. The van der Waals surface area contributed by atoms with Crippen molar-refractivity contribution < 1.29 is 0 Å². The van der Waals surface area contributed by atoms with Crippen LogP contribution < -0.4 is 0 Å². The minimum atomic E-state index is 1.16. The van der Waals surface area contributed by atoms with E-state index in [0.29, 0.717) is 0 Å². The van der Waals surface area contributed by atoms with Crippen molar-refractivity contribution >= 4 is 16.7 Å². The second-order valence-corrected chi connectivity index (χ2v) is 8.34. The molecule has 0 bridgehead atoms. The van der Waals surface area contributed by atoms with Crippen LogP contribution in [0.25, 0.3) is 16.7 Å². The molecule has 0 heterocycles. The number of hydrogen-bond acceptors (Lipinski definition) is 0. The molecule has 0 saturated heterocycles. The lowest BCUT2D eigenvalue weighted by molar-refractivity contribution is 0.845. The first-order valence-corrected chi connectivity index (χ1v) is 10.3. The fraction of sp³-hybridized carbons (Fsp3) is 0.214. The fourth-order valence-electron chi connectivity index (χ4n) is 4.79. The van der Waals surface area contributed by atoms with Gasteiger partial charge in [0.15, 0.2) is 0 Å². The minimum Gasteiger partial charge on any atom is -0.0587 e. The second-order valence-electron chi connectivity index (χ2n) is 8.34. The molecule has 5 rings (SSSR count). The molecule has 0 fully saturated rings. The first-order chi connectivity index (χ1) is 13.6. The van der Waals surface area contributed by atoms with Crippen molar-refractivity contribution in [3.8, 4) is 0 Å². The number of fused-ring (bicyclic) bond motifs is 3. The topological polar surface area (TPSA) is 0 Å². The first kappa shape index (κ1) is 17.3. The van der Waals surface area contributed by atoms with Crippen LogP contribution in [-0.4, -0.2) is 0 Å². The van der Waals surface area contributed by atoms with Gasteiger partial charge in [0.05, 0.1) is 0 Å². The molecular formula is C28H26. The molecule has 0 N–H and O–H groups in total. The largest absolute Gasteiger partial charge is 0.0587 e. The predicted molar refractivity (Wildman–Crippen MR) is 120 cm³/mol. The van der Waals surface area contributed by atoms with Gasteiger partial charge < -0.3 is 0 Å². The zero-order valence-electron chi connectivity index (χ0n) is 17.0. The molecule has 0 heteroatoms. The Kier molecular flexibility index (Phi) is 4.09. The molecule has 0 nitrogen and oxygen atoms in total. The van der Waals surface area contributed by atoms with E-state index in [9.17, 15) is 0 Å². The molecule has 0 atom stereocenters. The molecule has 28 heavy (non-hydrogen) atoms. The average molecular weight is 363 g/mol. The van der Waals surface area contributed by atoms with Crippen LogP contribution in [0.4, 0.5) is 0 Å². The van der Waals surface area contributed by atoms with Crippen LogP contribution in [0, 0.1) is 20.8 Å². The van der Waals surface area contributed by atoms with E-state index in [1.165, 1.54) is 68.5 Å². The van der Waals surface area contributed by atoms with Crippen LogP contribution in [0.3, 0.4) is 0 Å². The number of aryl methyl sites for hydroxylation is 3. The third-order valence-electron chi connectivity index (χ3n) is 6.21. The molecule has 3 aromatic rings. The summed E-state index contributed by atoms with van der Waals surface area (Å²) in [5, 5.41) is 0. The van der Waals surface area contributed by atoms with E-state index < -0.39 is 0 Å². The SMILES string of the molecule is Cc1ccc(C2=C3C(=C(c4ccc(C)cc4)c4cc(C)ccc43)CCC2)cc1. The van der Waals surface area contributed by atoms with Crippen LogP contribution in [0.5, 0.6) is 0 Å². The fourth-order valence-corrected chi connectivity index (χ4v) is 4.79. The van der Waals surface area contributed by atoms with Crippen molar-refractivity contribution in [2.24, 2.45) is 0 Å². The highest BCUT2D eigenvalue weighted by Gasteiger charge is 2.31. The molecule has 0 radical (unpaired) electrons. The zero-order valence-corrected chi connectivity index (χ0v) is 17.0. The third kappa shape index (κ3) is 2.76. The van der Waals surface area contributed by atoms with Crippen molar-refractivity contribution in [2.75, 3.05) is 0 Å². The van der Waals surface area contributed by atoms with Crippen molar-refractivity contribution in [1.82, 2.24) is 0 Å². The van der Waals surface area contributed by atoms with Gasteiger partial charge in [-0.15, -0.1) is 0 Å². The first-order valence-electron chi connectivity index (χ1n) is 10.3. The summed E-state index contributed by atoms with van der Waals surface area (Å²) < 4.78 is 0. The van der Waals surface area contributed by atoms with Gasteiger partial charge in [-0.05, 0) is 84.6 Å². The van der Waals surface area contributed by atoms with Crippen LogP contribution in [-0.2, 0) is 0 Å². The molecule has 2 aliphatic carbocycles. The Morgan fingerprint density at radius 2 is 1.07 bits per heavy atom. The van der Waals surface area contributed by atoms with Gasteiger partial charge in [0.25, 0.3) is 0 Å². The lowest BCUT2D eigenvalue weighted by Crippen LogP contribution is -2.00.